The molecule has 7 nitrogen and oxygen atoms in total. The Balaban J connectivity index is 2.53. The second kappa shape index (κ2) is 6.66. The van der Waals surface area contributed by atoms with Crippen molar-refractivity contribution < 1.29 is 9.53 Å². The van der Waals surface area contributed by atoms with Crippen LogP contribution in [0.1, 0.15) is 30.3 Å². The van der Waals surface area contributed by atoms with Gasteiger partial charge in [0.25, 0.3) is 0 Å². The predicted octanol–water partition coefficient (Wildman–Crippen LogP) is 2.26. The van der Waals surface area contributed by atoms with Crippen LogP contribution in [-0.4, -0.2) is 40.8 Å². The highest BCUT2D eigenvalue weighted by Gasteiger charge is 2.21. The number of ether oxygens (including phenoxy) is 1. The number of aromatic nitrogens is 3. The number of nitrogen functional groups attached to an aromatic ring is 1. The molecule has 2 heterocycles. The highest BCUT2D eigenvalue weighted by Crippen LogP contribution is 2.31. The molecule has 0 spiro atoms. The Morgan fingerprint density at radius 2 is 2.24 bits per heavy atom. The molecule has 0 bridgehead atoms. The number of fused-ring (bicyclic) bond motifs is 1. The summed E-state index contributed by atoms with van der Waals surface area (Å²) in [7, 11) is 1.31. The summed E-state index contributed by atoms with van der Waals surface area (Å²) >= 11 is 1.43. The van der Waals surface area contributed by atoms with Crippen LogP contribution in [0, 0.1) is 0 Å². The molecule has 0 amide bonds. The molecule has 0 atom stereocenters. The fourth-order valence-electron chi connectivity index (χ4n) is 1.96. The number of hydrogen-bond acceptors (Lipinski definition) is 7. The van der Waals surface area contributed by atoms with Gasteiger partial charge >= 0.3 is 5.97 Å². The lowest BCUT2D eigenvalue weighted by molar-refractivity contribution is 0.0596. The summed E-state index contributed by atoms with van der Waals surface area (Å²) < 4.78 is 4.72. The SMILES string of the molecule is CCCCNc1nc(SC)nc2[nH]c(C(=O)OC)c(N)c12. The van der Waals surface area contributed by atoms with E-state index in [1.54, 1.807) is 0 Å². The second-order valence-electron chi connectivity index (χ2n) is 4.47. The molecule has 0 aliphatic rings. The molecule has 2 rings (SSSR count). The van der Waals surface area contributed by atoms with Gasteiger partial charge < -0.3 is 20.8 Å². The maximum Gasteiger partial charge on any atom is 0.356 e. The van der Waals surface area contributed by atoms with Gasteiger partial charge in [-0.25, -0.2) is 14.8 Å². The van der Waals surface area contributed by atoms with Crippen molar-refractivity contribution in [1.82, 2.24) is 15.0 Å². The van der Waals surface area contributed by atoms with Crippen molar-refractivity contribution in [3.63, 3.8) is 0 Å². The number of aromatic amines is 1. The first-order chi connectivity index (χ1) is 10.1. The van der Waals surface area contributed by atoms with Crippen LogP contribution in [0.4, 0.5) is 11.5 Å². The average Bonchev–Trinajstić information content (AvgIpc) is 2.83. The maximum absolute atomic E-state index is 11.7. The molecule has 0 aliphatic heterocycles. The summed E-state index contributed by atoms with van der Waals surface area (Å²) in [5, 5.41) is 4.50. The predicted molar refractivity (Wildman–Crippen MR) is 84.8 cm³/mol. The molecule has 2 aromatic rings. The van der Waals surface area contributed by atoms with Gasteiger partial charge in [-0.05, 0) is 12.7 Å². The van der Waals surface area contributed by atoms with E-state index < -0.39 is 5.97 Å². The summed E-state index contributed by atoms with van der Waals surface area (Å²) in [5.41, 5.74) is 7.10. The van der Waals surface area contributed by atoms with Crippen LogP contribution in [0.3, 0.4) is 0 Å². The van der Waals surface area contributed by atoms with Gasteiger partial charge in [0.05, 0.1) is 18.2 Å². The van der Waals surface area contributed by atoms with Gasteiger partial charge in [-0.3, -0.25) is 0 Å². The fraction of sp³-hybridized carbons (Fsp3) is 0.462. The van der Waals surface area contributed by atoms with Crippen LogP contribution in [-0.2, 0) is 4.74 Å². The first-order valence-corrected chi connectivity index (χ1v) is 7.90. The number of H-pyrrole nitrogens is 1. The lowest BCUT2D eigenvalue weighted by Crippen LogP contribution is -2.06. The Kier molecular flexibility index (Phi) is 4.89. The zero-order chi connectivity index (χ0) is 15.4. The van der Waals surface area contributed by atoms with E-state index in [1.807, 2.05) is 6.26 Å². The summed E-state index contributed by atoms with van der Waals surface area (Å²) in [6.07, 6.45) is 3.99. The van der Waals surface area contributed by atoms with E-state index >= 15 is 0 Å². The zero-order valence-electron chi connectivity index (χ0n) is 12.3. The Bertz CT molecular complexity index is 656. The number of thioether (sulfide) groups is 1. The Hall–Kier alpha value is -1.96. The summed E-state index contributed by atoms with van der Waals surface area (Å²) in [6.45, 7) is 2.90. The number of esters is 1. The minimum Gasteiger partial charge on any atom is -0.464 e. The molecule has 21 heavy (non-hydrogen) atoms. The molecule has 8 heteroatoms. The molecular weight excluding hydrogens is 290 g/mol. The minimum atomic E-state index is -0.518. The Morgan fingerprint density at radius 3 is 2.86 bits per heavy atom. The molecule has 0 saturated carbocycles. The monoisotopic (exact) mass is 309 g/mol. The van der Waals surface area contributed by atoms with Crippen molar-refractivity contribution in [2.24, 2.45) is 0 Å². The van der Waals surface area contributed by atoms with E-state index in [1.165, 1.54) is 18.9 Å². The molecular formula is C13H19N5O2S. The lowest BCUT2D eigenvalue weighted by Gasteiger charge is -2.07. The van der Waals surface area contributed by atoms with Crippen LogP contribution < -0.4 is 11.1 Å². The van der Waals surface area contributed by atoms with E-state index in [9.17, 15) is 4.79 Å². The molecule has 4 N–H and O–H groups in total. The number of rotatable bonds is 6. The van der Waals surface area contributed by atoms with E-state index in [0.29, 0.717) is 27.7 Å². The summed E-state index contributed by atoms with van der Waals surface area (Å²) in [5.74, 6) is 0.123. The van der Waals surface area contributed by atoms with Crippen LogP contribution >= 0.6 is 11.8 Å². The topological polar surface area (TPSA) is 106 Å². The van der Waals surface area contributed by atoms with Gasteiger partial charge in [-0.2, -0.15) is 0 Å². The third-order valence-electron chi connectivity index (χ3n) is 3.07. The van der Waals surface area contributed by atoms with E-state index in [2.05, 4.69) is 27.2 Å². The molecule has 0 unspecified atom stereocenters. The number of unbranched alkanes of at least 4 members (excludes halogenated alkanes) is 1. The van der Waals surface area contributed by atoms with Crippen molar-refractivity contribution in [3.8, 4) is 0 Å². The van der Waals surface area contributed by atoms with E-state index in [-0.39, 0.29) is 5.69 Å². The van der Waals surface area contributed by atoms with Crippen molar-refractivity contribution in [3.05, 3.63) is 5.69 Å². The van der Waals surface area contributed by atoms with Gasteiger partial charge in [0.1, 0.15) is 11.5 Å². The van der Waals surface area contributed by atoms with Crippen LogP contribution in [0.2, 0.25) is 0 Å². The smallest absolute Gasteiger partial charge is 0.356 e. The van der Waals surface area contributed by atoms with Crippen LogP contribution in [0.15, 0.2) is 5.16 Å². The number of nitrogens with one attached hydrogen (secondary N) is 2. The van der Waals surface area contributed by atoms with Gasteiger partial charge in [0, 0.05) is 6.54 Å². The number of carbonyl (C=O) groups is 1. The molecule has 0 aliphatic carbocycles. The third-order valence-corrected chi connectivity index (χ3v) is 3.61. The number of carbonyl (C=O) groups excluding carboxylic acids is 1. The normalized spacial score (nSPS) is 10.8. The molecule has 0 saturated heterocycles. The first-order valence-electron chi connectivity index (χ1n) is 6.67. The van der Waals surface area contributed by atoms with Gasteiger partial charge in [-0.1, -0.05) is 25.1 Å². The quantitative estimate of drug-likeness (QED) is 0.325. The minimum absolute atomic E-state index is 0.207. The number of anilines is 2. The van der Waals surface area contributed by atoms with Crippen molar-refractivity contribution in [1.29, 1.82) is 0 Å². The zero-order valence-corrected chi connectivity index (χ0v) is 13.1. The van der Waals surface area contributed by atoms with Crippen LogP contribution in [0.5, 0.6) is 0 Å². The van der Waals surface area contributed by atoms with Crippen molar-refractivity contribution >= 4 is 40.3 Å². The molecule has 0 aromatic carbocycles. The fourth-order valence-corrected chi connectivity index (χ4v) is 2.33. The highest BCUT2D eigenvalue weighted by molar-refractivity contribution is 7.98. The van der Waals surface area contributed by atoms with E-state index in [4.69, 9.17) is 10.5 Å². The van der Waals surface area contributed by atoms with Crippen molar-refractivity contribution in [2.45, 2.75) is 24.9 Å². The molecule has 2 aromatic heterocycles. The van der Waals surface area contributed by atoms with Crippen molar-refractivity contribution in [2.75, 3.05) is 31.0 Å². The van der Waals surface area contributed by atoms with Crippen LogP contribution in [0.25, 0.3) is 11.0 Å². The third kappa shape index (κ3) is 3.05. The Morgan fingerprint density at radius 1 is 1.48 bits per heavy atom. The first kappa shape index (κ1) is 15.4. The molecule has 0 radical (unpaired) electrons. The lowest BCUT2D eigenvalue weighted by atomic mass is 10.2. The largest absolute Gasteiger partial charge is 0.464 e. The van der Waals surface area contributed by atoms with E-state index in [0.717, 1.165) is 19.4 Å². The number of nitrogens with zero attached hydrogens (tertiary/aromatic N) is 2. The molecule has 114 valence electrons. The Labute approximate surface area is 127 Å². The summed E-state index contributed by atoms with van der Waals surface area (Å²) in [6, 6.07) is 0. The molecule has 0 fully saturated rings. The standard InChI is InChI=1S/C13H19N5O2S/c1-4-5-6-15-10-7-8(14)9(12(19)20-2)16-11(7)18-13(17-10)21-3/h4-6,14H2,1-3H3,(H2,15,16,17,18). The number of nitrogens with two attached hydrogens (primary N) is 1. The maximum atomic E-state index is 11.7. The number of methoxy groups -OCH3 is 1. The van der Waals surface area contributed by atoms with Gasteiger partial charge in [-0.15, -0.1) is 0 Å². The van der Waals surface area contributed by atoms with Gasteiger partial charge in [0.15, 0.2) is 10.9 Å². The summed E-state index contributed by atoms with van der Waals surface area (Å²) in [4.78, 5) is 23.4. The van der Waals surface area contributed by atoms with Gasteiger partial charge in [0.2, 0.25) is 0 Å². The second-order valence-corrected chi connectivity index (χ2v) is 5.24. The number of hydrogen-bond donors (Lipinski definition) is 3. The average molecular weight is 309 g/mol. The highest BCUT2D eigenvalue weighted by atomic mass is 32.2.